The molecule has 0 bridgehead atoms. The maximum absolute atomic E-state index is 12.2. The van der Waals surface area contributed by atoms with Crippen molar-refractivity contribution < 1.29 is 24.6 Å². The number of carbonyl (C=O) groups is 3. The molecule has 1 amide bonds. The van der Waals surface area contributed by atoms with Crippen molar-refractivity contribution in [3.8, 4) is 0 Å². The highest BCUT2D eigenvalue weighted by molar-refractivity contribution is 6.04. The summed E-state index contributed by atoms with van der Waals surface area (Å²) in [6.07, 6.45) is 3.23. The number of hydrogen-bond acceptors (Lipinski definition) is 4. The lowest BCUT2D eigenvalue weighted by molar-refractivity contribution is -0.146. The Kier molecular flexibility index (Phi) is 6.45. The highest BCUT2D eigenvalue weighted by Gasteiger charge is 2.25. The van der Waals surface area contributed by atoms with Crippen molar-refractivity contribution in [3.05, 3.63) is 36.5 Å². The lowest BCUT2D eigenvalue weighted by Gasteiger charge is -2.13. The summed E-state index contributed by atoms with van der Waals surface area (Å²) < 4.78 is 0. The SMILES string of the molecule is O=C(O)CCCCCC(C(=O)O)C(=O)Nc1cnc2ccccc2c1. The van der Waals surface area contributed by atoms with Crippen molar-refractivity contribution >= 4 is 34.4 Å². The van der Waals surface area contributed by atoms with Gasteiger partial charge in [0.25, 0.3) is 0 Å². The minimum Gasteiger partial charge on any atom is -0.481 e. The molecule has 2 aromatic rings. The molecule has 7 nitrogen and oxygen atoms in total. The minimum atomic E-state index is -1.19. The fourth-order valence-corrected chi connectivity index (χ4v) is 2.54. The third-order valence-electron chi connectivity index (χ3n) is 3.86. The largest absolute Gasteiger partial charge is 0.481 e. The van der Waals surface area contributed by atoms with Crippen LogP contribution in [0.25, 0.3) is 10.9 Å². The van der Waals surface area contributed by atoms with E-state index in [9.17, 15) is 19.5 Å². The van der Waals surface area contributed by atoms with Gasteiger partial charge in [0.15, 0.2) is 0 Å². The van der Waals surface area contributed by atoms with Gasteiger partial charge in [-0.05, 0) is 25.0 Å². The van der Waals surface area contributed by atoms with E-state index < -0.39 is 23.8 Å². The quantitative estimate of drug-likeness (QED) is 0.476. The molecule has 1 heterocycles. The van der Waals surface area contributed by atoms with Gasteiger partial charge < -0.3 is 15.5 Å². The van der Waals surface area contributed by atoms with Crippen LogP contribution in [0, 0.1) is 5.92 Å². The van der Waals surface area contributed by atoms with Crippen molar-refractivity contribution in [3.63, 3.8) is 0 Å². The average Bonchev–Trinajstić information content (AvgIpc) is 2.57. The first kappa shape index (κ1) is 18.4. The van der Waals surface area contributed by atoms with E-state index >= 15 is 0 Å². The summed E-state index contributed by atoms with van der Waals surface area (Å²) >= 11 is 0. The zero-order valence-electron chi connectivity index (χ0n) is 13.6. The number of para-hydroxylation sites is 1. The fraction of sp³-hybridized carbons (Fsp3) is 0.333. The molecule has 1 aromatic carbocycles. The van der Waals surface area contributed by atoms with Gasteiger partial charge in [-0.3, -0.25) is 19.4 Å². The van der Waals surface area contributed by atoms with Crippen LogP contribution in [0.2, 0.25) is 0 Å². The Morgan fingerprint density at radius 1 is 1.08 bits per heavy atom. The molecule has 7 heteroatoms. The summed E-state index contributed by atoms with van der Waals surface area (Å²) in [6, 6.07) is 9.16. The highest BCUT2D eigenvalue weighted by atomic mass is 16.4. The van der Waals surface area contributed by atoms with Crippen molar-refractivity contribution in [2.24, 2.45) is 5.92 Å². The second kappa shape index (κ2) is 8.77. The molecule has 2 rings (SSSR count). The van der Waals surface area contributed by atoms with Gasteiger partial charge in [0.2, 0.25) is 5.91 Å². The summed E-state index contributed by atoms with van der Waals surface area (Å²) in [7, 11) is 0. The topological polar surface area (TPSA) is 117 Å². The first-order valence-corrected chi connectivity index (χ1v) is 8.07. The van der Waals surface area contributed by atoms with Crippen LogP contribution in [0.1, 0.15) is 32.1 Å². The normalized spacial score (nSPS) is 11.8. The van der Waals surface area contributed by atoms with E-state index in [-0.39, 0.29) is 12.8 Å². The number of aromatic nitrogens is 1. The number of hydrogen-bond donors (Lipinski definition) is 3. The van der Waals surface area contributed by atoms with Gasteiger partial charge in [0.1, 0.15) is 5.92 Å². The number of amides is 1. The van der Waals surface area contributed by atoms with Gasteiger partial charge in [-0.25, -0.2) is 0 Å². The number of fused-ring (bicyclic) bond motifs is 1. The zero-order valence-corrected chi connectivity index (χ0v) is 13.6. The average molecular weight is 344 g/mol. The number of unbranched alkanes of at least 4 members (excludes halogenated alkanes) is 2. The predicted octanol–water partition coefficient (Wildman–Crippen LogP) is 2.91. The molecule has 0 spiro atoms. The zero-order chi connectivity index (χ0) is 18.2. The van der Waals surface area contributed by atoms with Crippen LogP contribution in [0.4, 0.5) is 5.69 Å². The van der Waals surface area contributed by atoms with Gasteiger partial charge >= 0.3 is 11.9 Å². The smallest absolute Gasteiger partial charge is 0.316 e. The molecule has 25 heavy (non-hydrogen) atoms. The van der Waals surface area contributed by atoms with Gasteiger partial charge in [0, 0.05) is 11.8 Å². The number of aliphatic carboxylic acids is 2. The molecule has 0 fully saturated rings. The number of nitrogens with zero attached hydrogens (tertiary/aromatic N) is 1. The predicted molar refractivity (Wildman–Crippen MR) is 92.2 cm³/mol. The number of benzene rings is 1. The molecular weight excluding hydrogens is 324 g/mol. The van der Waals surface area contributed by atoms with Crippen molar-refractivity contribution in [1.82, 2.24) is 4.98 Å². The maximum atomic E-state index is 12.2. The second-order valence-corrected chi connectivity index (χ2v) is 5.79. The Bertz CT molecular complexity index is 775. The third-order valence-corrected chi connectivity index (χ3v) is 3.86. The van der Waals surface area contributed by atoms with Gasteiger partial charge in [0.05, 0.1) is 17.4 Å². The van der Waals surface area contributed by atoms with E-state index in [1.54, 1.807) is 6.07 Å². The summed E-state index contributed by atoms with van der Waals surface area (Å²) in [4.78, 5) is 38.3. The fourth-order valence-electron chi connectivity index (χ4n) is 2.54. The van der Waals surface area contributed by atoms with Crippen LogP contribution in [0.15, 0.2) is 36.5 Å². The lowest BCUT2D eigenvalue weighted by Crippen LogP contribution is -2.29. The van der Waals surface area contributed by atoms with E-state index in [2.05, 4.69) is 10.3 Å². The Balaban J connectivity index is 1.94. The Morgan fingerprint density at radius 2 is 1.84 bits per heavy atom. The van der Waals surface area contributed by atoms with Crippen LogP contribution in [-0.4, -0.2) is 33.0 Å². The minimum absolute atomic E-state index is 0.0483. The molecule has 3 N–H and O–H groups in total. The summed E-state index contributed by atoms with van der Waals surface area (Å²) in [5.41, 5.74) is 1.23. The molecule has 1 atom stereocenters. The van der Waals surface area contributed by atoms with E-state index in [1.165, 1.54) is 6.20 Å². The number of carboxylic acid groups (broad SMARTS) is 2. The third kappa shape index (κ3) is 5.56. The van der Waals surface area contributed by atoms with Crippen LogP contribution in [0.5, 0.6) is 0 Å². The maximum Gasteiger partial charge on any atom is 0.316 e. The number of anilines is 1. The number of carboxylic acids is 2. The highest BCUT2D eigenvalue weighted by Crippen LogP contribution is 2.18. The van der Waals surface area contributed by atoms with E-state index in [4.69, 9.17) is 5.11 Å². The lowest BCUT2D eigenvalue weighted by atomic mass is 9.99. The first-order chi connectivity index (χ1) is 12.0. The molecule has 0 saturated carbocycles. The molecule has 0 aliphatic rings. The van der Waals surface area contributed by atoms with Gasteiger partial charge in [-0.1, -0.05) is 31.0 Å². The second-order valence-electron chi connectivity index (χ2n) is 5.79. The monoisotopic (exact) mass is 344 g/mol. The van der Waals surface area contributed by atoms with Gasteiger partial charge in [-0.2, -0.15) is 0 Å². The summed E-state index contributed by atoms with van der Waals surface area (Å²) in [5, 5.41) is 21.3. The Hall–Kier alpha value is -2.96. The van der Waals surface area contributed by atoms with Gasteiger partial charge in [-0.15, -0.1) is 0 Å². The molecule has 0 saturated heterocycles. The van der Waals surface area contributed by atoms with E-state index in [1.807, 2.05) is 24.3 Å². The first-order valence-electron chi connectivity index (χ1n) is 8.07. The summed E-state index contributed by atoms with van der Waals surface area (Å²) in [5.74, 6) is -3.83. The molecule has 0 radical (unpaired) electrons. The van der Waals surface area contributed by atoms with E-state index in [0.29, 0.717) is 24.9 Å². The molecule has 1 aromatic heterocycles. The molecular formula is C18H20N2O5. The van der Waals surface area contributed by atoms with Crippen LogP contribution < -0.4 is 5.32 Å². The van der Waals surface area contributed by atoms with Crippen LogP contribution in [-0.2, 0) is 14.4 Å². The number of nitrogens with one attached hydrogen (secondary N) is 1. The number of rotatable bonds is 9. The molecule has 0 aliphatic carbocycles. The molecule has 1 unspecified atom stereocenters. The van der Waals surface area contributed by atoms with Crippen LogP contribution in [0.3, 0.4) is 0 Å². The standard InChI is InChI=1S/C18H20N2O5/c21-16(22)9-3-1-2-7-14(18(24)25)17(23)20-13-10-12-6-4-5-8-15(12)19-11-13/h4-6,8,10-11,14H,1-3,7,9H2,(H,20,23)(H,21,22)(H,24,25). The summed E-state index contributed by atoms with van der Waals surface area (Å²) in [6.45, 7) is 0. The molecule has 0 aliphatic heterocycles. The molecule has 132 valence electrons. The van der Waals surface area contributed by atoms with Crippen LogP contribution >= 0.6 is 0 Å². The van der Waals surface area contributed by atoms with Crippen molar-refractivity contribution in [1.29, 1.82) is 0 Å². The Morgan fingerprint density at radius 3 is 2.56 bits per heavy atom. The van der Waals surface area contributed by atoms with E-state index in [0.717, 1.165) is 10.9 Å². The Labute approximate surface area is 144 Å². The van der Waals surface area contributed by atoms with Crippen molar-refractivity contribution in [2.45, 2.75) is 32.1 Å². The van der Waals surface area contributed by atoms with Crippen molar-refractivity contribution in [2.75, 3.05) is 5.32 Å². The number of pyridine rings is 1. The number of carbonyl (C=O) groups excluding carboxylic acids is 1.